The van der Waals surface area contributed by atoms with E-state index in [4.69, 9.17) is 4.74 Å². The maximum Gasteiger partial charge on any atom is 0.343 e. The minimum Gasteiger partial charge on any atom is -0.485 e. The van der Waals surface area contributed by atoms with Crippen molar-refractivity contribution in [3.05, 3.63) is 52.5 Å². The number of imidazole rings is 1. The van der Waals surface area contributed by atoms with Crippen molar-refractivity contribution in [2.24, 2.45) is 7.05 Å². The van der Waals surface area contributed by atoms with Crippen LogP contribution in [-0.2, 0) is 19.1 Å². The highest BCUT2D eigenvalue weighted by Gasteiger charge is 2.21. The Morgan fingerprint density at radius 1 is 1.29 bits per heavy atom. The van der Waals surface area contributed by atoms with Crippen LogP contribution >= 0.6 is 0 Å². The lowest BCUT2D eigenvalue weighted by atomic mass is 9.85. The Morgan fingerprint density at radius 3 is 2.67 bits per heavy atom. The fraction of sp³-hybridized carbons (Fsp3) is 0.353. The highest BCUT2D eigenvalue weighted by Crippen LogP contribution is 2.34. The lowest BCUT2D eigenvalue weighted by Gasteiger charge is -2.23. The van der Waals surface area contributed by atoms with Crippen LogP contribution in [0.3, 0.4) is 0 Å². The summed E-state index contributed by atoms with van der Waals surface area (Å²) in [5.41, 5.74) is 1.72. The molecule has 0 aliphatic heterocycles. The molecule has 0 spiro atoms. The molecule has 0 fully saturated rings. The van der Waals surface area contributed by atoms with E-state index in [1.165, 1.54) is 4.57 Å². The van der Waals surface area contributed by atoms with Crippen LogP contribution in [0.4, 0.5) is 0 Å². The number of hydrogen-bond acceptors (Lipinski definition) is 4. The molecule has 0 bridgehead atoms. The minimum atomic E-state index is -0.252. The van der Waals surface area contributed by atoms with Gasteiger partial charge in [-0.3, -0.25) is 4.57 Å². The van der Waals surface area contributed by atoms with Gasteiger partial charge in [0.05, 0.1) is 0 Å². The van der Waals surface area contributed by atoms with Crippen molar-refractivity contribution >= 4 is 0 Å². The lowest BCUT2D eigenvalue weighted by molar-refractivity contribution is 0.283. The van der Waals surface area contributed by atoms with Gasteiger partial charge in [0.2, 0.25) is 0 Å². The van der Waals surface area contributed by atoms with Gasteiger partial charge in [0.1, 0.15) is 18.2 Å². The predicted molar refractivity (Wildman–Crippen MR) is 90.9 cm³/mol. The zero-order valence-electron chi connectivity index (χ0n) is 14.3. The number of hydrogen-bond donors (Lipinski definition) is 2. The van der Waals surface area contributed by atoms with Crippen LogP contribution in [-0.4, -0.2) is 24.7 Å². The van der Waals surface area contributed by atoms with Crippen molar-refractivity contribution in [3.8, 4) is 17.1 Å². The summed E-state index contributed by atoms with van der Waals surface area (Å²) >= 11 is 0. The van der Waals surface area contributed by atoms with Gasteiger partial charge in [-0.2, -0.15) is 5.10 Å². The third-order valence-corrected chi connectivity index (χ3v) is 3.89. The fourth-order valence-corrected chi connectivity index (χ4v) is 2.46. The Morgan fingerprint density at radius 2 is 2.08 bits per heavy atom. The Labute approximate surface area is 139 Å². The summed E-state index contributed by atoms with van der Waals surface area (Å²) in [5, 5.41) is 6.38. The molecule has 0 saturated heterocycles. The van der Waals surface area contributed by atoms with Crippen LogP contribution in [0.15, 0.2) is 35.4 Å². The molecule has 7 heteroatoms. The number of ether oxygens (including phenoxy) is 1. The maximum absolute atomic E-state index is 11.4. The number of nitrogens with one attached hydrogen (secondary N) is 2. The molecular formula is C17H21N5O2. The molecule has 0 aliphatic carbocycles. The second kappa shape index (κ2) is 5.99. The first-order valence-corrected chi connectivity index (χ1v) is 7.73. The highest BCUT2D eigenvalue weighted by molar-refractivity contribution is 5.60. The number of aromatic amines is 2. The van der Waals surface area contributed by atoms with Crippen LogP contribution in [0.5, 0.6) is 5.75 Å². The summed E-state index contributed by atoms with van der Waals surface area (Å²) in [5.74, 6) is 2.14. The van der Waals surface area contributed by atoms with Crippen molar-refractivity contribution in [2.75, 3.05) is 0 Å². The average molecular weight is 327 g/mol. The number of benzene rings is 1. The topological polar surface area (TPSA) is 88.6 Å². The zero-order valence-corrected chi connectivity index (χ0v) is 14.3. The molecule has 7 nitrogen and oxygen atoms in total. The van der Waals surface area contributed by atoms with Gasteiger partial charge in [0.25, 0.3) is 0 Å². The molecule has 3 rings (SSSR count). The van der Waals surface area contributed by atoms with Gasteiger partial charge in [-0.1, -0.05) is 20.8 Å². The van der Waals surface area contributed by atoms with Gasteiger partial charge < -0.3 is 9.72 Å². The largest absolute Gasteiger partial charge is 0.485 e. The van der Waals surface area contributed by atoms with E-state index in [0.29, 0.717) is 5.82 Å². The number of nitrogens with zero attached hydrogens (tertiary/aromatic N) is 3. The fourth-order valence-electron chi connectivity index (χ4n) is 2.46. The van der Waals surface area contributed by atoms with E-state index in [-0.39, 0.29) is 17.7 Å². The lowest BCUT2D eigenvalue weighted by Crippen LogP contribution is -2.17. The van der Waals surface area contributed by atoms with Crippen LogP contribution in [0.1, 0.15) is 32.2 Å². The standard InChI is InChI=1S/C17H21N5O2/c1-17(2,3)12-9-11(15-18-7-8-19-15)5-6-13(12)24-10-14-20-21-16(23)22(14)4/h5-9H,10H2,1-4H3,(H,18,19)(H,21,23). The summed E-state index contributed by atoms with van der Waals surface area (Å²) in [6, 6.07) is 5.98. The van der Waals surface area contributed by atoms with Crippen molar-refractivity contribution in [3.63, 3.8) is 0 Å². The van der Waals surface area contributed by atoms with Crippen LogP contribution in [0, 0.1) is 0 Å². The first-order valence-electron chi connectivity index (χ1n) is 7.73. The number of rotatable bonds is 4. The Bertz CT molecular complexity index is 885. The van der Waals surface area contributed by atoms with E-state index in [9.17, 15) is 4.79 Å². The van der Waals surface area contributed by atoms with Crippen LogP contribution in [0.2, 0.25) is 0 Å². The van der Waals surface area contributed by atoms with Crippen molar-refractivity contribution in [1.82, 2.24) is 24.7 Å². The molecule has 2 N–H and O–H groups in total. The molecule has 0 atom stereocenters. The molecule has 126 valence electrons. The first kappa shape index (κ1) is 16.0. The van der Waals surface area contributed by atoms with E-state index in [2.05, 4.69) is 47.0 Å². The van der Waals surface area contributed by atoms with E-state index in [1.54, 1.807) is 19.4 Å². The Balaban J connectivity index is 1.92. The minimum absolute atomic E-state index is 0.102. The quantitative estimate of drug-likeness (QED) is 0.770. The third kappa shape index (κ3) is 3.10. The molecule has 1 aromatic carbocycles. The van der Waals surface area contributed by atoms with Gasteiger partial charge in [-0.05, 0) is 23.6 Å². The second-order valence-corrected chi connectivity index (χ2v) is 6.69. The summed E-state index contributed by atoms with van der Waals surface area (Å²) in [6.45, 7) is 6.61. The van der Waals surface area contributed by atoms with Crippen molar-refractivity contribution in [1.29, 1.82) is 0 Å². The molecule has 0 amide bonds. The Kier molecular flexibility index (Phi) is 4.01. The molecular weight excluding hydrogens is 306 g/mol. The molecule has 0 saturated carbocycles. The number of H-pyrrole nitrogens is 2. The second-order valence-electron chi connectivity index (χ2n) is 6.69. The highest BCUT2D eigenvalue weighted by atomic mass is 16.5. The molecule has 24 heavy (non-hydrogen) atoms. The normalized spacial score (nSPS) is 11.7. The third-order valence-electron chi connectivity index (χ3n) is 3.89. The summed E-state index contributed by atoms with van der Waals surface area (Å²) in [6.07, 6.45) is 3.53. The average Bonchev–Trinajstić information content (AvgIpc) is 3.17. The van der Waals surface area contributed by atoms with E-state index in [0.717, 1.165) is 22.7 Å². The summed E-state index contributed by atoms with van der Waals surface area (Å²) < 4.78 is 7.38. The SMILES string of the molecule is Cn1c(COc2ccc(-c3ncc[nH]3)cc2C(C)(C)C)n[nH]c1=O. The van der Waals surface area contributed by atoms with Crippen LogP contribution < -0.4 is 10.4 Å². The van der Waals surface area contributed by atoms with Crippen LogP contribution in [0.25, 0.3) is 11.4 Å². The molecule has 2 aromatic heterocycles. The van der Waals surface area contributed by atoms with Crippen molar-refractivity contribution < 1.29 is 4.74 Å². The molecule has 0 aliphatic rings. The van der Waals surface area contributed by atoms with Gasteiger partial charge in [-0.25, -0.2) is 14.9 Å². The Hall–Kier alpha value is -2.83. The smallest absolute Gasteiger partial charge is 0.343 e. The van der Waals surface area contributed by atoms with Crippen molar-refractivity contribution in [2.45, 2.75) is 32.8 Å². The number of aromatic nitrogens is 5. The van der Waals surface area contributed by atoms with Gasteiger partial charge in [-0.15, -0.1) is 0 Å². The molecule has 0 unspecified atom stereocenters. The van der Waals surface area contributed by atoms with Gasteiger partial charge in [0.15, 0.2) is 5.82 Å². The van der Waals surface area contributed by atoms with E-state index < -0.39 is 0 Å². The first-order chi connectivity index (χ1) is 11.4. The van der Waals surface area contributed by atoms with Gasteiger partial charge in [0, 0.05) is 30.6 Å². The maximum atomic E-state index is 11.4. The molecule has 2 heterocycles. The van der Waals surface area contributed by atoms with Gasteiger partial charge >= 0.3 is 5.69 Å². The summed E-state index contributed by atoms with van der Waals surface area (Å²) in [4.78, 5) is 18.8. The van der Waals surface area contributed by atoms with E-state index in [1.807, 2.05) is 12.1 Å². The van der Waals surface area contributed by atoms with E-state index >= 15 is 0 Å². The monoisotopic (exact) mass is 327 g/mol. The molecule has 0 radical (unpaired) electrons. The summed E-state index contributed by atoms with van der Waals surface area (Å²) in [7, 11) is 1.66. The predicted octanol–water partition coefficient (Wildman–Crippen LogP) is 2.38. The zero-order chi connectivity index (χ0) is 17.3. The molecule has 3 aromatic rings.